The highest BCUT2D eigenvalue weighted by Gasteiger charge is 2.23. The normalized spacial score (nSPS) is 13.3. The summed E-state index contributed by atoms with van der Waals surface area (Å²) < 4.78 is 0. The van der Waals surface area contributed by atoms with Gasteiger partial charge >= 0.3 is 0 Å². The second-order valence-corrected chi connectivity index (χ2v) is 8.22. The molecule has 0 saturated heterocycles. The van der Waals surface area contributed by atoms with Crippen LogP contribution < -0.4 is 16.2 Å². The summed E-state index contributed by atoms with van der Waals surface area (Å²) in [5, 5.41) is 14.2. The molecule has 1 amide bonds. The van der Waals surface area contributed by atoms with Gasteiger partial charge in [-0.3, -0.25) is 14.7 Å². The zero-order valence-electron chi connectivity index (χ0n) is 17.1. The quantitative estimate of drug-likeness (QED) is 0.344. The van der Waals surface area contributed by atoms with Gasteiger partial charge in [0.1, 0.15) is 0 Å². The summed E-state index contributed by atoms with van der Waals surface area (Å²) in [6.07, 6.45) is 4.03. The Balaban J connectivity index is 1.50. The van der Waals surface area contributed by atoms with Gasteiger partial charge in [-0.25, -0.2) is 4.98 Å². The lowest BCUT2D eigenvalue weighted by Gasteiger charge is -2.13. The number of halogens is 1. The van der Waals surface area contributed by atoms with Crippen LogP contribution in [0.5, 0.6) is 0 Å². The number of nitrogens with zero attached hydrogens (tertiary/aromatic N) is 2. The minimum absolute atomic E-state index is 0.0283. The number of aromatic amines is 2. The maximum absolute atomic E-state index is 12.8. The van der Waals surface area contributed by atoms with Crippen LogP contribution in [0.3, 0.4) is 0 Å². The van der Waals surface area contributed by atoms with Crippen molar-refractivity contribution >= 4 is 34.2 Å². The van der Waals surface area contributed by atoms with E-state index < -0.39 is 0 Å². The molecule has 1 aliphatic carbocycles. The number of H-pyrrole nitrogens is 2. The summed E-state index contributed by atoms with van der Waals surface area (Å²) >= 11 is 6.43. The molecule has 9 heteroatoms. The first kappa shape index (κ1) is 20.3. The van der Waals surface area contributed by atoms with Crippen LogP contribution in [-0.4, -0.2) is 38.7 Å². The number of benzene rings is 2. The lowest BCUT2D eigenvalue weighted by atomic mass is 10.0. The Hall–Kier alpha value is -3.65. The van der Waals surface area contributed by atoms with Gasteiger partial charge in [-0.05, 0) is 25.0 Å². The number of nitrogens with one attached hydrogen (secondary N) is 4. The molecule has 0 bridgehead atoms. The Morgan fingerprint density at radius 3 is 2.75 bits per heavy atom. The van der Waals surface area contributed by atoms with Gasteiger partial charge in [0.15, 0.2) is 5.82 Å². The molecule has 2 heterocycles. The number of anilines is 1. The van der Waals surface area contributed by atoms with E-state index in [0.717, 1.165) is 34.9 Å². The first-order valence-corrected chi connectivity index (χ1v) is 10.8. The number of rotatable bonds is 7. The fraction of sp³-hybridized carbons (Fsp3) is 0.217. The third-order valence-electron chi connectivity index (χ3n) is 5.34. The molecular formula is C23H21ClN6O2. The van der Waals surface area contributed by atoms with Gasteiger partial charge in [0.05, 0.1) is 28.1 Å². The van der Waals surface area contributed by atoms with Crippen LogP contribution in [0.1, 0.15) is 19.3 Å². The van der Waals surface area contributed by atoms with Crippen LogP contribution in [0.4, 0.5) is 5.82 Å². The molecule has 0 unspecified atom stereocenters. The predicted octanol–water partition coefficient (Wildman–Crippen LogP) is 3.71. The molecule has 0 spiro atoms. The van der Waals surface area contributed by atoms with Crippen molar-refractivity contribution in [2.45, 2.75) is 25.3 Å². The molecule has 162 valence electrons. The lowest BCUT2D eigenvalue weighted by Crippen LogP contribution is -2.28. The van der Waals surface area contributed by atoms with Crippen molar-refractivity contribution in [1.82, 2.24) is 25.5 Å². The van der Waals surface area contributed by atoms with E-state index in [1.165, 1.54) is 0 Å². The minimum atomic E-state index is -0.370. The van der Waals surface area contributed by atoms with Crippen molar-refractivity contribution in [3.8, 4) is 22.5 Å². The Morgan fingerprint density at radius 1 is 1.16 bits per heavy atom. The van der Waals surface area contributed by atoms with Gasteiger partial charge in [0.2, 0.25) is 5.91 Å². The van der Waals surface area contributed by atoms with E-state index in [2.05, 4.69) is 30.8 Å². The van der Waals surface area contributed by atoms with Crippen LogP contribution in [-0.2, 0) is 4.79 Å². The van der Waals surface area contributed by atoms with Gasteiger partial charge in [0.25, 0.3) is 5.56 Å². The van der Waals surface area contributed by atoms with E-state index in [9.17, 15) is 9.59 Å². The summed E-state index contributed by atoms with van der Waals surface area (Å²) in [4.78, 5) is 32.3. The number of fused-ring (bicyclic) bond motifs is 1. The molecule has 8 nitrogen and oxygen atoms in total. The van der Waals surface area contributed by atoms with Crippen LogP contribution in [0.15, 0.2) is 53.5 Å². The highest BCUT2D eigenvalue weighted by atomic mass is 35.5. The number of amides is 1. The predicted molar refractivity (Wildman–Crippen MR) is 125 cm³/mol. The Morgan fingerprint density at radius 2 is 1.97 bits per heavy atom. The smallest absolute Gasteiger partial charge is 0.291 e. The minimum Gasteiger partial charge on any atom is -0.365 e. The SMILES string of the molecule is O=C(CCNc1nc(-c2ccccc2)c(-c2cc(Cl)c3[nH]ncc3c2)[nH]c1=O)NC1CC1. The van der Waals surface area contributed by atoms with E-state index in [1.807, 2.05) is 36.4 Å². The summed E-state index contributed by atoms with van der Waals surface area (Å²) in [6.45, 7) is 0.315. The number of carbonyl (C=O) groups excluding carboxylic acids is 1. The van der Waals surface area contributed by atoms with E-state index in [4.69, 9.17) is 11.6 Å². The highest BCUT2D eigenvalue weighted by molar-refractivity contribution is 6.35. The Kier molecular flexibility index (Phi) is 5.36. The number of hydrogen-bond donors (Lipinski definition) is 4. The van der Waals surface area contributed by atoms with Gasteiger partial charge in [-0.15, -0.1) is 0 Å². The molecule has 32 heavy (non-hydrogen) atoms. The van der Waals surface area contributed by atoms with E-state index in [0.29, 0.717) is 29.0 Å². The van der Waals surface area contributed by atoms with Crippen molar-refractivity contribution < 1.29 is 4.79 Å². The van der Waals surface area contributed by atoms with Crippen molar-refractivity contribution in [2.75, 3.05) is 11.9 Å². The molecule has 4 aromatic rings. The Labute approximate surface area is 188 Å². The highest BCUT2D eigenvalue weighted by Crippen LogP contribution is 2.33. The standard InChI is InChI=1S/C23H21ClN6O2/c24-17-11-14(10-15-12-26-30-19(15)17)21-20(13-4-2-1-3-5-13)28-22(23(32)29-21)25-9-8-18(31)27-16-6-7-16/h1-5,10-12,16H,6-9H2,(H,25,28)(H,26,30)(H,27,31)(H,29,32). The van der Waals surface area contributed by atoms with Crippen LogP contribution >= 0.6 is 11.6 Å². The number of aromatic nitrogens is 4. The molecular weight excluding hydrogens is 428 g/mol. The molecule has 0 aliphatic heterocycles. The van der Waals surface area contributed by atoms with E-state index >= 15 is 0 Å². The summed E-state index contributed by atoms with van der Waals surface area (Å²) in [6, 6.07) is 13.6. The third-order valence-corrected chi connectivity index (χ3v) is 5.64. The van der Waals surface area contributed by atoms with Crippen molar-refractivity contribution in [3.63, 3.8) is 0 Å². The molecule has 4 N–H and O–H groups in total. The van der Waals surface area contributed by atoms with Crippen LogP contribution in [0, 0.1) is 0 Å². The average Bonchev–Trinajstić information content (AvgIpc) is 3.47. The first-order chi connectivity index (χ1) is 15.6. The first-order valence-electron chi connectivity index (χ1n) is 10.4. The molecule has 1 saturated carbocycles. The lowest BCUT2D eigenvalue weighted by molar-refractivity contribution is -0.120. The molecule has 1 aliphatic rings. The zero-order valence-corrected chi connectivity index (χ0v) is 17.9. The van der Waals surface area contributed by atoms with E-state index in [1.54, 1.807) is 12.3 Å². The maximum Gasteiger partial charge on any atom is 0.291 e. The van der Waals surface area contributed by atoms with Crippen molar-refractivity contribution in [2.24, 2.45) is 0 Å². The van der Waals surface area contributed by atoms with Gasteiger partial charge in [0, 0.05) is 35.5 Å². The monoisotopic (exact) mass is 448 g/mol. The third kappa shape index (κ3) is 4.22. The molecule has 0 radical (unpaired) electrons. The zero-order chi connectivity index (χ0) is 22.1. The average molecular weight is 449 g/mol. The molecule has 2 aromatic carbocycles. The molecule has 5 rings (SSSR count). The number of carbonyl (C=O) groups is 1. The van der Waals surface area contributed by atoms with Crippen molar-refractivity contribution in [3.05, 3.63) is 64.0 Å². The maximum atomic E-state index is 12.8. The second-order valence-electron chi connectivity index (χ2n) is 7.82. The number of hydrogen-bond acceptors (Lipinski definition) is 5. The van der Waals surface area contributed by atoms with Gasteiger partial charge < -0.3 is 15.6 Å². The molecule has 1 fully saturated rings. The van der Waals surface area contributed by atoms with Crippen LogP contribution in [0.25, 0.3) is 33.4 Å². The molecule has 2 aromatic heterocycles. The van der Waals surface area contributed by atoms with Gasteiger partial charge in [-0.1, -0.05) is 41.9 Å². The van der Waals surface area contributed by atoms with E-state index in [-0.39, 0.29) is 23.7 Å². The molecule has 0 atom stereocenters. The van der Waals surface area contributed by atoms with Crippen LogP contribution in [0.2, 0.25) is 5.02 Å². The topological polar surface area (TPSA) is 116 Å². The summed E-state index contributed by atoms with van der Waals surface area (Å²) in [5.74, 6) is 0.140. The fourth-order valence-electron chi connectivity index (χ4n) is 3.56. The largest absolute Gasteiger partial charge is 0.365 e. The summed E-state index contributed by atoms with van der Waals surface area (Å²) in [5.41, 5.74) is 3.09. The Bertz CT molecular complexity index is 1340. The second kappa shape index (κ2) is 8.47. The summed E-state index contributed by atoms with van der Waals surface area (Å²) in [7, 11) is 0. The fourth-order valence-corrected chi connectivity index (χ4v) is 3.83. The van der Waals surface area contributed by atoms with Gasteiger partial charge in [-0.2, -0.15) is 5.10 Å². The van der Waals surface area contributed by atoms with Crippen molar-refractivity contribution in [1.29, 1.82) is 0 Å².